The standard InChI is InChI=1S/C15H15ClFNO/c1-10-3-2-4-12(8-18)15(10)19-9-11-5-6-13(16)14(17)7-11/h2-7H,8-9,18H2,1H3. The van der Waals surface area contributed by atoms with Gasteiger partial charge in [-0.3, -0.25) is 0 Å². The maximum absolute atomic E-state index is 13.3. The molecule has 2 N–H and O–H groups in total. The van der Waals surface area contributed by atoms with Gasteiger partial charge in [-0.1, -0.05) is 35.9 Å². The molecule has 0 aliphatic carbocycles. The van der Waals surface area contributed by atoms with E-state index in [9.17, 15) is 4.39 Å². The van der Waals surface area contributed by atoms with Crippen LogP contribution in [0.3, 0.4) is 0 Å². The van der Waals surface area contributed by atoms with Crippen molar-refractivity contribution >= 4 is 11.6 Å². The summed E-state index contributed by atoms with van der Waals surface area (Å²) in [5.74, 6) is 0.326. The number of para-hydroxylation sites is 1. The molecule has 0 bridgehead atoms. The highest BCUT2D eigenvalue weighted by Gasteiger charge is 2.07. The van der Waals surface area contributed by atoms with Crippen molar-refractivity contribution in [2.24, 2.45) is 5.73 Å². The van der Waals surface area contributed by atoms with Gasteiger partial charge in [-0.15, -0.1) is 0 Å². The van der Waals surface area contributed by atoms with Crippen LogP contribution in [0.2, 0.25) is 5.02 Å². The summed E-state index contributed by atoms with van der Waals surface area (Å²) >= 11 is 5.64. The average molecular weight is 280 g/mol. The van der Waals surface area contributed by atoms with Crippen LogP contribution in [0.25, 0.3) is 0 Å². The molecule has 2 rings (SSSR count). The van der Waals surface area contributed by atoms with Gasteiger partial charge in [0, 0.05) is 12.1 Å². The van der Waals surface area contributed by atoms with Crippen molar-refractivity contribution < 1.29 is 9.13 Å². The maximum Gasteiger partial charge on any atom is 0.142 e. The number of rotatable bonds is 4. The summed E-state index contributed by atoms with van der Waals surface area (Å²) in [5.41, 5.74) is 8.36. The Morgan fingerprint density at radius 1 is 1.26 bits per heavy atom. The Morgan fingerprint density at radius 3 is 2.74 bits per heavy atom. The first-order valence-corrected chi connectivity index (χ1v) is 6.35. The number of aryl methyl sites for hydroxylation is 1. The van der Waals surface area contributed by atoms with E-state index in [0.717, 1.165) is 22.4 Å². The van der Waals surface area contributed by atoms with Crippen LogP contribution in [0.5, 0.6) is 5.75 Å². The van der Waals surface area contributed by atoms with Crippen molar-refractivity contribution in [1.29, 1.82) is 0 Å². The first-order chi connectivity index (χ1) is 9.11. The van der Waals surface area contributed by atoms with E-state index in [1.165, 1.54) is 12.1 Å². The molecule has 0 aliphatic heterocycles. The molecule has 2 nitrogen and oxygen atoms in total. The lowest BCUT2D eigenvalue weighted by Crippen LogP contribution is -2.04. The minimum absolute atomic E-state index is 0.113. The molecule has 0 unspecified atom stereocenters. The number of benzene rings is 2. The minimum atomic E-state index is -0.438. The van der Waals surface area contributed by atoms with Crippen LogP contribution in [-0.4, -0.2) is 0 Å². The van der Waals surface area contributed by atoms with Gasteiger partial charge in [-0.2, -0.15) is 0 Å². The molecule has 2 aromatic rings. The third kappa shape index (κ3) is 3.25. The Bertz CT molecular complexity index is 586. The fourth-order valence-corrected chi connectivity index (χ4v) is 1.98. The molecule has 0 amide bonds. The quantitative estimate of drug-likeness (QED) is 0.923. The number of halogens is 2. The second kappa shape index (κ2) is 6.04. The van der Waals surface area contributed by atoms with Crippen molar-refractivity contribution in [3.63, 3.8) is 0 Å². The zero-order valence-electron chi connectivity index (χ0n) is 10.6. The molecular weight excluding hydrogens is 265 g/mol. The van der Waals surface area contributed by atoms with Crippen molar-refractivity contribution in [3.8, 4) is 5.75 Å². The molecule has 0 radical (unpaired) electrons. The first-order valence-electron chi connectivity index (χ1n) is 5.97. The van der Waals surface area contributed by atoms with Gasteiger partial charge in [0.15, 0.2) is 0 Å². The molecule has 0 saturated heterocycles. The zero-order chi connectivity index (χ0) is 13.8. The maximum atomic E-state index is 13.3. The SMILES string of the molecule is Cc1cccc(CN)c1OCc1ccc(Cl)c(F)c1. The van der Waals surface area contributed by atoms with Gasteiger partial charge in [-0.25, -0.2) is 4.39 Å². The fourth-order valence-electron chi connectivity index (χ4n) is 1.87. The molecule has 0 spiro atoms. The molecular formula is C15H15ClFNO. The fraction of sp³-hybridized carbons (Fsp3) is 0.200. The van der Waals surface area contributed by atoms with Crippen LogP contribution in [0.1, 0.15) is 16.7 Å². The van der Waals surface area contributed by atoms with Gasteiger partial charge in [0.1, 0.15) is 18.2 Å². The normalized spacial score (nSPS) is 10.5. The highest BCUT2D eigenvalue weighted by Crippen LogP contribution is 2.24. The van der Waals surface area contributed by atoms with Gasteiger partial charge in [0.05, 0.1) is 5.02 Å². The second-order valence-electron chi connectivity index (χ2n) is 4.30. The first kappa shape index (κ1) is 13.8. The van der Waals surface area contributed by atoms with E-state index >= 15 is 0 Å². The molecule has 0 atom stereocenters. The number of hydrogen-bond donors (Lipinski definition) is 1. The molecule has 0 aliphatic rings. The van der Waals surface area contributed by atoms with Gasteiger partial charge in [0.2, 0.25) is 0 Å². The van der Waals surface area contributed by atoms with Crippen molar-refractivity contribution in [1.82, 2.24) is 0 Å². The number of hydrogen-bond acceptors (Lipinski definition) is 2. The third-order valence-electron chi connectivity index (χ3n) is 2.88. The van der Waals surface area contributed by atoms with Crippen molar-refractivity contribution in [2.45, 2.75) is 20.1 Å². The summed E-state index contributed by atoms with van der Waals surface area (Å²) in [6, 6.07) is 10.5. The lowest BCUT2D eigenvalue weighted by atomic mass is 10.1. The molecule has 0 aromatic heterocycles. The van der Waals surface area contributed by atoms with Crippen LogP contribution in [0.4, 0.5) is 4.39 Å². The van der Waals surface area contributed by atoms with E-state index in [2.05, 4.69) is 0 Å². The Hall–Kier alpha value is -1.58. The molecule has 0 fully saturated rings. The van der Waals surface area contributed by atoms with Gasteiger partial charge >= 0.3 is 0 Å². The lowest BCUT2D eigenvalue weighted by molar-refractivity contribution is 0.300. The van der Waals surface area contributed by atoms with E-state index < -0.39 is 5.82 Å². The van der Waals surface area contributed by atoms with Crippen LogP contribution < -0.4 is 10.5 Å². The van der Waals surface area contributed by atoms with Crippen LogP contribution in [-0.2, 0) is 13.2 Å². The van der Waals surface area contributed by atoms with Crippen molar-refractivity contribution in [2.75, 3.05) is 0 Å². The topological polar surface area (TPSA) is 35.2 Å². The van der Waals surface area contributed by atoms with E-state index in [0.29, 0.717) is 6.54 Å². The predicted molar refractivity (Wildman–Crippen MR) is 74.8 cm³/mol. The summed E-state index contributed by atoms with van der Waals surface area (Å²) < 4.78 is 19.1. The molecule has 100 valence electrons. The number of nitrogens with two attached hydrogens (primary N) is 1. The molecule has 19 heavy (non-hydrogen) atoms. The molecule has 0 heterocycles. The summed E-state index contributed by atoms with van der Waals surface area (Å²) in [5, 5.41) is 0.113. The van der Waals surface area contributed by atoms with Gasteiger partial charge in [-0.05, 0) is 30.2 Å². The summed E-state index contributed by atoms with van der Waals surface area (Å²) in [6.07, 6.45) is 0. The lowest BCUT2D eigenvalue weighted by Gasteiger charge is -2.13. The summed E-state index contributed by atoms with van der Waals surface area (Å²) in [4.78, 5) is 0. The largest absolute Gasteiger partial charge is 0.488 e. The van der Waals surface area contributed by atoms with Gasteiger partial charge in [0.25, 0.3) is 0 Å². The highest BCUT2D eigenvalue weighted by atomic mass is 35.5. The van der Waals surface area contributed by atoms with Crippen LogP contribution >= 0.6 is 11.6 Å². The molecule has 2 aromatic carbocycles. The summed E-state index contributed by atoms with van der Waals surface area (Å²) in [6.45, 7) is 2.65. The zero-order valence-corrected chi connectivity index (χ0v) is 11.4. The van der Waals surface area contributed by atoms with Crippen LogP contribution in [0, 0.1) is 12.7 Å². The predicted octanol–water partition coefficient (Wildman–Crippen LogP) is 3.83. The Labute approximate surface area is 117 Å². The Morgan fingerprint density at radius 2 is 2.05 bits per heavy atom. The number of ether oxygens (including phenoxy) is 1. The minimum Gasteiger partial charge on any atom is -0.488 e. The smallest absolute Gasteiger partial charge is 0.142 e. The van der Waals surface area contributed by atoms with Crippen molar-refractivity contribution in [3.05, 3.63) is 63.9 Å². The summed E-state index contributed by atoms with van der Waals surface area (Å²) in [7, 11) is 0. The van der Waals surface area contributed by atoms with E-state index in [-0.39, 0.29) is 11.6 Å². The van der Waals surface area contributed by atoms with E-state index in [1.807, 2.05) is 25.1 Å². The third-order valence-corrected chi connectivity index (χ3v) is 3.19. The monoisotopic (exact) mass is 279 g/mol. The molecule has 0 saturated carbocycles. The Balaban J connectivity index is 2.16. The average Bonchev–Trinajstić information content (AvgIpc) is 2.41. The highest BCUT2D eigenvalue weighted by molar-refractivity contribution is 6.30. The second-order valence-corrected chi connectivity index (χ2v) is 4.71. The molecule has 4 heteroatoms. The van der Waals surface area contributed by atoms with Crippen LogP contribution in [0.15, 0.2) is 36.4 Å². The van der Waals surface area contributed by atoms with Gasteiger partial charge < -0.3 is 10.5 Å². The van der Waals surface area contributed by atoms with E-state index in [4.69, 9.17) is 22.1 Å². The Kier molecular flexibility index (Phi) is 4.40. The van der Waals surface area contributed by atoms with E-state index in [1.54, 1.807) is 6.07 Å².